The van der Waals surface area contributed by atoms with Gasteiger partial charge in [0.2, 0.25) is 0 Å². The molecule has 1 saturated heterocycles. The van der Waals surface area contributed by atoms with Gasteiger partial charge in [-0.3, -0.25) is 9.37 Å². The maximum Gasteiger partial charge on any atom is 0.494 e. The van der Waals surface area contributed by atoms with E-state index >= 15 is 0 Å². The van der Waals surface area contributed by atoms with Crippen molar-refractivity contribution in [1.82, 2.24) is 9.97 Å². The first-order chi connectivity index (χ1) is 18.5. The van der Waals surface area contributed by atoms with Crippen molar-refractivity contribution in [3.8, 4) is 11.3 Å². The highest BCUT2D eigenvalue weighted by atomic mass is 79.9. The summed E-state index contributed by atoms with van der Waals surface area (Å²) in [4.78, 5) is 8.13. The summed E-state index contributed by atoms with van der Waals surface area (Å²) in [6.45, 7) is 8.18. The molecule has 0 bridgehead atoms. The van der Waals surface area contributed by atoms with E-state index < -0.39 is 7.15 Å². The quantitative estimate of drug-likeness (QED) is 0.163. The van der Waals surface area contributed by atoms with E-state index in [1.807, 2.05) is 113 Å². The van der Waals surface area contributed by atoms with E-state index in [0.717, 1.165) is 32.7 Å². The average molecular weight is 582 g/mol. The molecular formula is C29H35BBrFN4O2. The van der Waals surface area contributed by atoms with E-state index in [-0.39, 0.29) is 18.3 Å². The molecule has 1 fully saturated rings. The molecule has 0 aliphatic carbocycles. The van der Waals surface area contributed by atoms with Gasteiger partial charge in [-0.1, -0.05) is 36.4 Å². The van der Waals surface area contributed by atoms with Crippen LogP contribution in [0.1, 0.15) is 29.1 Å². The summed E-state index contributed by atoms with van der Waals surface area (Å²) in [5.74, 6) is 0. The Balaban J connectivity index is 0.000000207. The molecule has 0 radical (unpaired) electrons. The standard InChI is InChI=1S/C12H18BNO2.C11H10N2.C5H4BrN.CH3F/c1-11(2)12(3,4)16-13(15-11)9-5-7-10(14)8-6-9;12-10-6-4-9(5-7-10)11-3-1-2-8-13-11;6-5-3-1-2-4-7-5;1-2/h5-8H,14H2,1-4H3;1-8H,12H2;1-4H;1H3/i;;;1D. The van der Waals surface area contributed by atoms with Crippen molar-refractivity contribution in [3.63, 3.8) is 0 Å². The van der Waals surface area contributed by atoms with Gasteiger partial charge in [0, 0.05) is 29.3 Å². The Bertz CT molecular complexity index is 1220. The van der Waals surface area contributed by atoms with Gasteiger partial charge in [0.15, 0.2) is 0 Å². The Morgan fingerprint density at radius 2 is 1.24 bits per heavy atom. The van der Waals surface area contributed by atoms with E-state index in [1.54, 1.807) is 12.4 Å². The SMILES string of the molecule is Brc1ccccn1.CC1(C)OB(c2ccc(N)cc2)OC1(C)C.Nc1ccc(-c2ccccn2)cc1.[2H]CF. The van der Waals surface area contributed by atoms with Crippen LogP contribution in [0.3, 0.4) is 0 Å². The highest BCUT2D eigenvalue weighted by Crippen LogP contribution is 2.36. The van der Waals surface area contributed by atoms with Crippen LogP contribution in [0.2, 0.25) is 0 Å². The van der Waals surface area contributed by atoms with Crippen LogP contribution >= 0.6 is 15.9 Å². The molecule has 0 unspecified atom stereocenters. The van der Waals surface area contributed by atoms with Crippen LogP contribution in [0, 0.1) is 0 Å². The van der Waals surface area contributed by atoms with Crippen LogP contribution in [-0.4, -0.2) is 35.4 Å². The first-order valence-corrected chi connectivity index (χ1v) is 12.7. The molecular weight excluding hydrogens is 546 g/mol. The first kappa shape index (κ1) is 29.3. The van der Waals surface area contributed by atoms with Crippen LogP contribution in [-0.2, 0) is 9.31 Å². The lowest BCUT2D eigenvalue weighted by molar-refractivity contribution is 0.00578. The van der Waals surface area contributed by atoms with Crippen LogP contribution < -0.4 is 16.9 Å². The molecule has 2 aromatic heterocycles. The van der Waals surface area contributed by atoms with E-state index in [2.05, 4.69) is 25.9 Å². The molecule has 1 aliphatic heterocycles. The molecule has 3 heterocycles. The molecule has 38 heavy (non-hydrogen) atoms. The fraction of sp³-hybridized carbons (Fsp3) is 0.241. The summed E-state index contributed by atoms with van der Waals surface area (Å²) in [6.07, 6.45) is 3.52. The van der Waals surface area contributed by atoms with Crippen LogP contribution in [0.4, 0.5) is 15.8 Å². The summed E-state index contributed by atoms with van der Waals surface area (Å²) in [5, 5.41) is 0. The molecule has 0 amide bonds. The zero-order chi connectivity index (χ0) is 28.9. The van der Waals surface area contributed by atoms with E-state index in [0.29, 0.717) is 0 Å². The molecule has 6 nitrogen and oxygen atoms in total. The van der Waals surface area contributed by atoms with Gasteiger partial charge in [0.05, 0.1) is 25.4 Å². The Morgan fingerprint density at radius 1 is 0.763 bits per heavy atom. The molecule has 0 atom stereocenters. The molecule has 1 aliphatic rings. The third-order valence-corrected chi connectivity index (χ3v) is 6.43. The number of nitrogens with two attached hydrogens (primary N) is 2. The molecule has 2 aromatic carbocycles. The number of benzene rings is 2. The van der Waals surface area contributed by atoms with Crippen LogP contribution in [0.5, 0.6) is 0 Å². The summed E-state index contributed by atoms with van der Waals surface area (Å²) >= 11 is 3.20. The monoisotopic (exact) mass is 581 g/mol. The fourth-order valence-electron chi connectivity index (χ4n) is 3.16. The highest BCUT2D eigenvalue weighted by Gasteiger charge is 2.51. The summed E-state index contributed by atoms with van der Waals surface area (Å²) < 4.78 is 28.2. The third kappa shape index (κ3) is 9.24. The lowest BCUT2D eigenvalue weighted by atomic mass is 9.79. The number of rotatable bonds is 2. The lowest BCUT2D eigenvalue weighted by Crippen LogP contribution is -2.41. The molecule has 4 N–H and O–H groups in total. The maximum atomic E-state index is 9.96. The third-order valence-electron chi connectivity index (χ3n) is 5.96. The smallest absolute Gasteiger partial charge is 0.399 e. The van der Waals surface area contributed by atoms with Crippen molar-refractivity contribution in [1.29, 1.82) is 0 Å². The van der Waals surface area contributed by atoms with E-state index in [1.165, 1.54) is 0 Å². The van der Waals surface area contributed by atoms with Gasteiger partial charge >= 0.3 is 7.12 Å². The maximum absolute atomic E-state index is 9.96. The second-order valence-electron chi connectivity index (χ2n) is 9.24. The number of anilines is 2. The van der Waals surface area contributed by atoms with Gasteiger partial charge in [-0.2, -0.15) is 0 Å². The predicted octanol–water partition coefficient (Wildman–Crippen LogP) is 6.33. The zero-order valence-corrected chi connectivity index (χ0v) is 23.7. The van der Waals surface area contributed by atoms with Gasteiger partial charge in [0.1, 0.15) is 4.60 Å². The first-order valence-electron chi connectivity index (χ1n) is 12.6. The van der Waals surface area contributed by atoms with Gasteiger partial charge in [-0.25, -0.2) is 4.98 Å². The van der Waals surface area contributed by atoms with Crippen molar-refractivity contribution in [3.05, 3.63) is 102 Å². The van der Waals surface area contributed by atoms with Crippen molar-refractivity contribution in [2.75, 3.05) is 18.6 Å². The fourth-order valence-corrected chi connectivity index (χ4v) is 3.43. The lowest BCUT2D eigenvalue weighted by Gasteiger charge is -2.32. The largest absolute Gasteiger partial charge is 0.494 e. The summed E-state index contributed by atoms with van der Waals surface area (Å²) in [5.41, 5.74) is 15.3. The van der Waals surface area contributed by atoms with Gasteiger partial charge < -0.3 is 20.8 Å². The Kier molecular flexibility index (Phi) is 11.3. The van der Waals surface area contributed by atoms with Gasteiger partial charge in [-0.05, 0) is 97.6 Å². The Morgan fingerprint density at radius 3 is 1.63 bits per heavy atom. The molecule has 9 heteroatoms. The minimum atomic E-state index is -1.00. The van der Waals surface area contributed by atoms with Crippen LogP contribution in [0.25, 0.3) is 11.3 Å². The molecule has 4 aromatic rings. The van der Waals surface area contributed by atoms with Crippen molar-refractivity contribution in [2.45, 2.75) is 38.9 Å². The van der Waals surface area contributed by atoms with Crippen molar-refractivity contribution >= 4 is 39.9 Å². The second kappa shape index (κ2) is 14.6. The number of alkyl halides is 1. The molecule has 0 spiro atoms. The predicted molar refractivity (Wildman–Crippen MR) is 160 cm³/mol. The number of nitrogens with zero attached hydrogens (tertiary/aromatic N) is 2. The van der Waals surface area contributed by atoms with E-state index in [9.17, 15) is 4.39 Å². The zero-order valence-electron chi connectivity index (χ0n) is 23.1. The molecule has 200 valence electrons. The minimum Gasteiger partial charge on any atom is -0.399 e. The van der Waals surface area contributed by atoms with Gasteiger partial charge in [0.25, 0.3) is 0 Å². The van der Waals surface area contributed by atoms with Crippen molar-refractivity contribution in [2.24, 2.45) is 0 Å². The Labute approximate surface area is 235 Å². The number of hydrogen-bond acceptors (Lipinski definition) is 6. The number of pyridine rings is 2. The second-order valence-corrected chi connectivity index (χ2v) is 10.1. The van der Waals surface area contributed by atoms with Crippen molar-refractivity contribution < 1.29 is 15.1 Å². The minimum absolute atomic E-state index is 0.293. The number of nitrogen functional groups attached to an aromatic ring is 2. The number of hydrogen-bond donors (Lipinski definition) is 2. The summed E-state index contributed by atoms with van der Waals surface area (Å²) in [7, 11) is -1.30. The van der Waals surface area contributed by atoms with Crippen LogP contribution in [0.15, 0.2) is 102 Å². The van der Waals surface area contributed by atoms with Gasteiger partial charge in [-0.15, -0.1) is 0 Å². The normalized spacial score (nSPS) is 14.9. The molecule has 0 saturated carbocycles. The Hall–Kier alpha value is -3.27. The average Bonchev–Trinajstić information content (AvgIpc) is 3.13. The topological polar surface area (TPSA) is 96.3 Å². The number of halogens is 2. The number of aromatic nitrogens is 2. The summed E-state index contributed by atoms with van der Waals surface area (Å²) in [6, 6.07) is 26.9. The highest BCUT2D eigenvalue weighted by molar-refractivity contribution is 9.10. The van der Waals surface area contributed by atoms with E-state index in [4.69, 9.17) is 22.1 Å². The molecule has 5 rings (SSSR count).